The van der Waals surface area contributed by atoms with Gasteiger partial charge in [0.05, 0.1) is 25.6 Å². The van der Waals surface area contributed by atoms with Crippen molar-refractivity contribution in [1.29, 1.82) is 0 Å². The zero-order valence-corrected chi connectivity index (χ0v) is 10.6. The Morgan fingerprint density at radius 1 is 1.00 bits per heavy atom. The van der Waals surface area contributed by atoms with Crippen molar-refractivity contribution in [3.63, 3.8) is 0 Å². The lowest BCUT2D eigenvalue weighted by molar-refractivity contribution is 1.39. The van der Waals surface area contributed by atoms with Crippen LogP contribution in [0.1, 0.15) is 5.56 Å². The van der Waals surface area contributed by atoms with Crippen molar-refractivity contribution in [2.24, 2.45) is 0 Å². The third-order valence-corrected chi connectivity index (χ3v) is 3.66. The predicted octanol–water partition coefficient (Wildman–Crippen LogP) is 5.16. The van der Waals surface area contributed by atoms with Gasteiger partial charge in [-0.3, -0.25) is 4.98 Å². The van der Waals surface area contributed by atoms with Gasteiger partial charge >= 0.3 is 0 Å². The fraction of sp³-hybridized carbons (Fsp3) is 0.100. The Morgan fingerprint density at radius 2 is 1.67 bits per heavy atom. The van der Waals surface area contributed by atoms with Crippen LogP contribution < -0.4 is 0 Å². The first kappa shape index (κ1) is 11.3. The van der Waals surface area contributed by atoms with E-state index in [1.807, 2.05) is 6.92 Å². The highest BCUT2D eigenvalue weighted by Gasteiger charge is 2.13. The lowest BCUT2D eigenvalue weighted by Crippen LogP contribution is -1.87. The summed E-state index contributed by atoms with van der Waals surface area (Å²) >= 11 is 24.1. The van der Waals surface area contributed by atoms with Crippen LogP contribution in [0.4, 0.5) is 0 Å². The van der Waals surface area contributed by atoms with Gasteiger partial charge in [0.15, 0.2) is 0 Å². The van der Waals surface area contributed by atoms with Crippen molar-refractivity contribution >= 4 is 57.3 Å². The number of halogens is 4. The van der Waals surface area contributed by atoms with Crippen LogP contribution in [-0.2, 0) is 0 Å². The molecule has 0 atom stereocenters. The number of aryl methyl sites for hydroxylation is 1. The third-order valence-electron chi connectivity index (χ3n) is 2.11. The first-order chi connectivity index (χ1) is 7.02. The number of fused-ring (bicyclic) bond motifs is 1. The van der Waals surface area contributed by atoms with Crippen molar-refractivity contribution in [3.05, 3.63) is 37.9 Å². The number of hydrogen-bond donors (Lipinski definition) is 0. The molecule has 0 unspecified atom stereocenters. The summed E-state index contributed by atoms with van der Waals surface area (Å²) in [5, 5.41) is 2.42. The van der Waals surface area contributed by atoms with E-state index in [-0.39, 0.29) is 0 Å². The van der Waals surface area contributed by atoms with Gasteiger partial charge in [-0.2, -0.15) is 0 Å². The average molecular weight is 281 g/mol. The zero-order valence-electron chi connectivity index (χ0n) is 7.61. The maximum absolute atomic E-state index is 6.13. The summed E-state index contributed by atoms with van der Waals surface area (Å²) in [6.07, 6.45) is 1.46. The van der Waals surface area contributed by atoms with Crippen LogP contribution in [0.2, 0.25) is 20.1 Å². The van der Waals surface area contributed by atoms with E-state index in [0.29, 0.717) is 31.0 Å². The van der Waals surface area contributed by atoms with E-state index in [9.17, 15) is 0 Å². The standard InChI is InChI=1S/C10H5Cl4N/c1-4-2-5(11)10-7(8(4)13)9(14)6(12)3-15-10/h2-3H,1H3. The normalized spacial score (nSPS) is 11.0. The molecule has 1 nitrogen and oxygen atoms in total. The van der Waals surface area contributed by atoms with Gasteiger partial charge in [-0.25, -0.2) is 0 Å². The minimum atomic E-state index is 0.368. The Bertz CT molecular complexity index is 543. The molecule has 0 bridgehead atoms. The smallest absolute Gasteiger partial charge is 0.0919 e. The molecule has 15 heavy (non-hydrogen) atoms. The second-order valence-electron chi connectivity index (χ2n) is 3.13. The van der Waals surface area contributed by atoms with E-state index in [1.54, 1.807) is 6.07 Å². The summed E-state index contributed by atoms with van der Waals surface area (Å²) in [6, 6.07) is 1.75. The Kier molecular flexibility index (Phi) is 3.00. The molecule has 2 rings (SSSR count). The monoisotopic (exact) mass is 279 g/mol. The minimum absolute atomic E-state index is 0.368. The molecule has 0 amide bonds. The number of benzene rings is 1. The Hall–Kier alpha value is -0.210. The molecular weight excluding hydrogens is 276 g/mol. The molecule has 0 saturated carbocycles. The Balaban J connectivity index is 3.04. The van der Waals surface area contributed by atoms with Gasteiger partial charge in [-0.05, 0) is 18.6 Å². The van der Waals surface area contributed by atoms with Crippen molar-refractivity contribution in [2.75, 3.05) is 0 Å². The molecular formula is C10H5Cl4N. The highest BCUT2D eigenvalue weighted by atomic mass is 35.5. The van der Waals surface area contributed by atoms with Gasteiger partial charge < -0.3 is 0 Å². The van der Waals surface area contributed by atoms with E-state index >= 15 is 0 Å². The molecule has 2 aromatic rings. The molecule has 1 heterocycles. The summed E-state index contributed by atoms with van der Waals surface area (Å²) in [7, 11) is 0. The first-order valence-corrected chi connectivity index (χ1v) is 5.62. The molecule has 0 spiro atoms. The molecule has 5 heteroatoms. The van der Waals surface area contributed by atoms with E-state index in [1.165, 1.54) is 6.20 Å². The van der Waals surface area contributed by atoms with Crippen molar-refractivity contribution in [1.82, 2.24) is 4.98 Å². The van der Waals surface area contributed by atoms with E-state index in [4.69, 9.17) is 46.4 Å². The van der Waals surface area contributed by atoms with E-state index in [0.717, 1.165) is 5.56 Å². The summed E-state index contributed by atoms with van der Waals surface area (Å²) in [4.78, 5) is 4.11. The Morgan fingerprint density at radius 3 is 2.33 bits per heavy atom. The van der Waals surface area contributed by atoms with Crippen LogP contribution in [-0.4, -0.2) is 4.98 Å². The molecule has 78 valence electrons. The van der Waals surface area contributed by atoms with Crippen molar-refractivity contribution in [3.8, 4) is 0 Å². The van der Waals surface area contributed by atoms with Crippen LogP contribution in [0.3, 0.4) is 0 Å². The van der Waals surface area contributed by atoms with Gasteiger partial charge in [0, 0.05) is 11.6 Å². The third kappa shape index (κ3) is 1.78. The molecule has 0 radical (unpaired) electrons. The number of pyridine rings is 1. The molecule has 0 aliphatic carbocycles. The molecule has 0 fully saturated rings. The average Bonchev–Trinajstić information content (AvgIpc) is 2.19. The first-order valence-electron chi connectivity index (χ1n) is 4.10. The fourth-order valence-electron chi connectivity index (χ4n) is 1.37. The lowest BCUT2D eigenvalue weighted by atomic mass is 10.1. The van der Waals surface area contributed by atoms with Crippen LogP contribution in [0.25, 0.3) is 10.9 Å². The molecule has 0 aliphatic rings. The molecule has 0 saturated heterocycles. The maximum atomic E-state index is 6.13. The van der Waals surface area contributed by atoms with Gasteiger partial charge in [0.25, 0.3) is 0 Å². The Labute approximate surface area is 107 Å². The van der Waals surface area contributed by atoms with Gasteiger partial charge in [-0.1, -0.05) is 46.4 Å². The number of aromatic nitrogens is 1. The van der Waals surface area contributed by atoms with Gasteiger partial charge in [-0.15, -0.1) is 0 Å². The van der Waals surface area contributed by atoms with Crippen LogP contribution in [0.5, 0.6) is 0 Å². The van der Waals surface area contributed by atoms with E-state index < -0.39 is 0 Å². The van der Waals surface area contributed by atoms with Crippen LogP contribution in [0, 0.1) is 6.92 Å². The predicted molar refractivity (Wildman–Crippen MR) is 66.5 cm³/mol. The van der Waals surface area contributed by atoms with Crippen molar-refractivity contribution in [2.45, 2.75) is 6.92 Å². The summed E-state index contributed by atoms with van der Waals surface area (Å²) in [5.74, 6) is 0. The summed E-state index contributed by atoms with van der Waals surface area (Å²) in [6.45, 7) is 1.85. The van der Waals surface area contributed by atoms with Gasteiger partial charge in [0.1, 0.15) is 0 Å². The van der Waals surface area contributed by atoms with Crippen LogP contribution >= 0.6 is 46.4 Å². The zero-order chi connectivity index (χ0) is 11.2. The fourth-order valence-corrected chi connectivity index (χ4v) is 2.34. The lowest BCUT2D eigenvalue weighted by Gasteiger charge is -2.08. The quantitative estimate of drug-likeness (QED) is 0.650. The highest BCUT2D eigenvalue weighted by Crippen LogP contribution is 2.38. The highest BCUT2D eigenvalue weighted by molar-refractivity contribution is 6.49. The molecule has 1 aromatic heterocycles. The largest absolute Gasteiger partial charge is 0.253 e. The number of rotatable bonds is 0. The van der Waals surface area contributed by atoms with Crippen molar-refractivity contribution < 1.29 is 0 Å². The van der Waals surface area contributed by atoms with Gasteiger partial charge in [0.2, 0.25) is 0 Å². The summed E-state index contributed by atoms with van der Waals surface area (Å²) < 4.78 is 0. The topological polar surface area (TPSA) is 12.9 Å². The maximum Gasteiger partial charge on any atom is 0.0919 e. The number of hydrogen-bond acceptors (Lipinski definition) is 1. The summed E-state index contributed by atoms with van der Waals surface area (Å²) in [5.41, 5.74) is 1.42. The molecule has 0 aliphatic heterocycles. The molecule has 1 aromatic carbocycles. The second kappa shape index (κ2) is 3.99. The van der Waals surface area contributed by atoms with E-state index in [2.05, 4.69) is 4.98 Å². The number of nitrogens with zero attached hydrogens (tertiary/aromatic N) is 1. The SMILES string of the molecule is Cc1cc(Cl)c2ncc(Cl)c(Cl)c2c1Cl. The minimum Gasteiger partial charge on any atom is -0.253 e. The van der Waals surface area contributed by atoms with Crippen LogP contribution in [0.15, 0.2) is 12.3 Å². The molecule has 0 N–H and O–H groups in total. The second-order valence-corrected chi connectivity index (χ2v) is 4.70.